The molecule has 1 aliphatic carbocycles. The monoisotopic (exact) mass is 219 g/mol. The summed E-state index contributed by atoms with van der Waals surface area (Å²) >= 11 is 0. The van der Waals surface area contributed by atoms with Crippen LogP contribution < -0.4 is 5.32 Å². The molecule has 1 aromatic heterocycles. The van der Waals surface area contributed by atoms with Crippen LogP contribution in [0.15, 0.2) is 12.4 Å². The Hall–Kier alpha value is -1.12. The first-order chi connectivity index (χ1) is 7.81. The van der Waals surface area contributed by atoms with Crippen molar-refractivity contribution in [3.05, 3.63) is 18.1 Å². The van der Waals surface area contributed by atoms with Crippen LogP contribution in [0.4, 0.5) is 5.82 Å². The molecule has 0 bridgehead atoms. The van der Waals surface area contributed by atoms with Crippen molar-refractivity contribution in [3.8, 4) is 0 Å². The molecule has 0 aliphatic heterocycles. The molecule has 1 fully saturated rings. The number of nitrogens with one attached hydrogen (secondary N) is 1. The molecule has 1 aliphatic rings. The van der Waals surface area contributed by atoms with Crippen molar-refractivity contribution in [3.63, 3.8) is 0 Å². The van der Waals surface area contributed by atoms with Crippen molar-refractivity contribution in [2.75, 3.05) is 11.9 Å². The normalized spacial score (nSPS) is 25.4. The summed E-state index contributed by atoms with van der Waals surface area (Å²) < 4.78 is 0. The Morgan fingerprint density at radius 1 is 1.31 bits per heavy atom. The maximum absolute atomic E-state index is 4.53. The zero-order valence-corrected chi connectivity index (χ0v) is 10.2. The number of hydrogen-bond donors (Lipinski definition) is 1. The lowest BCUT2D eigenvalue weighted by Crippen LogP contribution is -2.15. The molecule has 3 nitrogen and oxygen atoms in total. The van der Waals surface area contributed by atoms with Gasteiger partial charge in [-0.25, -0.2) is 4.98 Å². The van der Waals surface area contributed by atoms with Gasteiger partial charge in [0.05, 0.1) is 5.69 Å². The van der Waals surface area contributed by atoms with E-state index in [0.717, 1.165) is 18.3 Å². The lowest BCUT2D eigenvalue weighted by atomic mass is 9.80. The zero-order valence-electron chi connectivity index (χ0n) is 10.2. The molecule has 0 spiro atoms. The summed E-state index contributed by atoms with van der Waals surface area (Å²) in [4.78, 5) is 8.93. The minimum Gasteiger partial charge on any atom is -0.369 e. The van der Waals surface area contributed by atoms with E-state index in [9.17, 15) is 0 Å². The average molecular weight is 219 g/mol. The second kappa shape index (κ2) is 5.28. The van der Waals surface area contributed by atoms with Gasteiger partial charge in [0.15, 0.2) is 0 Å². The topological polar surface area (TPSA) is 37.8 Å². The van der Waals surface area contributed by atoms with Gasteiger partial charge in [0.2, 0.25) is 0 Å². The molecule has 2 unspecified atom stereocenters. The van der Waals surface area contributed by atoms with Crippen LogP contribution >= 0.6 is 0 Å². The second-order valence-corrected chi connectivity index (χ2v) is 4.79. The van der Waals surface area contributed by atoms with Gasteiger partial charge in [0.25, 0.3) is 0 Å². The lowest BCUT2D eigenvalue weighted by molar-refractivity contribution is 0.340. The van der Waals surface area contributed by atoms with Crippen molar-refractivity contribution in [1.82, 2.24) is 9.97 Å². The number of nitrogens with zero attached hydrogens (tertiary/aromatic N) is 2. The maximum atomic E-state index is 4.53. The smallest absolute Gasteiger partial charge is 0.148 e. The summed E-state index contributed by atoms with van der Waals surface area (Å²) in [6.07, 6.45) is 8.81. The molecule has 1 saturated carbocycles. The molecule has 2 rings (SSSR count). The third-order valence-corrected chi connectivity index (χ3v) is 3.39. The predicted molar refractivity (Wildman–Crippen MR) is 66.6 cm³/mol. The van der Waals surface area contributed by atoms with Gasteiger partial charge >= 0.3 is 0 Å². The van der Waals surface area contributed by atoms with Crippen molar-refractivity contribution in [2.45, 2.75) is 45.4 Å². The summed E-state index contributed by atoms with van der Waals surface area (Å²) in [5, 5.41) is 3.31. The van der Waals surface area contributed by atoms with E-state index in [1.165, 1.54) is 31.4 Å². The first kappa shape index (κ1) is 11.4. The van der Waals surface area contributed by atoms with E-state index in [1.807, 2.05) is 6.20 Å². The molecule has 0 aromatic carbocycles. The fourth-order valence-electron chi connectivity index (χ4n) is 2.63. The minimum atomic E-state index is 0.603. The van der Waals surface area contributed by atoms with Gasteiger partial charge < -0.3 is 5.32 Å². The summed E-state index contributed by atoms with van der Waals surface area (Å²) in [7, 11) is 0. The minimum absolute atomic E-state index is 0.603. The summed E-state index contributed by atoms with van der Waals surface area (Å²) in [5.41, 5.74) is 1.18. The van der Waals surface area contributed by atoms with Gasteiger partial charge in [-0.3, -0.25) is 4.98 Å². The van der Waals surface area contributed by atoms with E-state index in [4.69, 9.17) is 0 Å². The number of anilines is 1. The molecule has 88 valence electrons. The predicted octanol–water partition coefficient (Wildman–Crippen LogP) is 3.20. The van der Waals surface area contributed by atoms with Gasteiger partial charge in [0.1, 0.15) is 5.82 Å². The van der Waals surface area contributed by atoms with Gasteiger partial charge in [-0.05, 0) is 25.7 Å². The van der Waals surface area contributed by atoms with Gasteiger partial charge in [-0.2, -0.15) is 0 Å². The first-order valence-electron chi connectivity index (χ1n) is 6.36. The third kappa shape index (κ3) is 2.52. The number of aromatic nitrogens is 2. The van der Waals surface area contributed by atoms with Crippen LogP contribution in [0.5, 0.6) is 0 Å². The molecule has 1 aromatic rings. The number of hydrogen-bond acceptors (Lipinski definition) is 3. The van der Waals surface area contributed by atoms with Crippen molar-refractivity contribution >= 4 is 5.82 Å². The summed E-state index contributed by atoms with van der Waals surface area (Å²) in [6.45, 7) is 5.35. The van der Waals surface area contributed by atoms with Crippen LogP contribution in [0.1, 0.15) is 51.1 Å². The summed E-state index contributed by atoms with van der Waals surface area (Å²) in [5.74, 6) is 2.42. The highest BCUT2D eigenvalue weighted by Gasteiger charge is 2.23. The Morgan fingerprint density at radius 3 is 2.88 bits per heavy atom. The lowest BCUT2D eigenvalue weighted by Gasteiger charge is -2.27. The standard InChI is InChI=1S/C13H21N3/c1-3-14-13-12(15-7-8-16-13)11-6-4-5-10(2)9-11/h7-8,10-11H,3-6,9H2,1-2H3,(H,14,16). The largest absolute Gasteiger partial charge is 0.369 e. The van der Waals surface area contributed by atoms with E-state index < -0.39 is 0 Å². The molecule has 1 N–H and O–H groups in total. The SMILES string of the molecule is CCNc1nccnc1C1CCCC(C)C1. The van der Waals surface area contributed by atoms with Crippen LogP contribution in [0.25, 0.3) is 0 Å². The van der Waals surface area contributed by atoms with Gasteiger partial charge in [-0.15, -0.1) is 0 Å². The van der Waals surface area contributed by atoms with Gasteiger partial charge in [0, 0.05) is 24.9 Å². The number of rotatable bonds is 3. The Balaban J connectivity index is 2.17. The Bertz CT molecular complexity index is 338. The van der Waals surface area contributed by atoms with E-state index >= 15 is 0 Å². The van der Waals surface area contributed by atoms with Crippen LogP contribution in [0.3, 0.4) is 0 Å². The fourth-order valence-corrected chi connectivity index (χ4v) is 2.63. The van der Waals surface area contributed by atoms with Crippen LogP contribution in [0.2, 0.25) is 0 Å². The highest BCUT2D eigenvalue weighted by Crippen LogP contribution is 2.36. The molecule has 16 heavy (non-hydrogen) atoms. The zero-order chi connectivity index (χ0) is 11.4. The Kier molecular flexibility index (Phi) is 3.75. The van der Waals surface area contributed by atoms with E-state index in [-0.39, 0.29) is 0 Å². The highest BCUT2D eigenvalue weighted by atomic mass is 15.0. The van der Waals surface area contributed by atoms with Crippen LogP contribution in [-0.4, -0.2) is 16.5 Å². The maximum Gasteiger partial charge on any atom is 0.148 e. The second-order valence-electron chi connectivity index (χ2n) is 4.79. The first-order valence-corrected chi connectivity index (χ1v) is 6.36. The van der Waals surface area contributed by atoms with E-state index in [0.29, 0.717) is 5.92 Å². The Labute approximate surface area is 97.7 Å². The molecule has 0 radical (unpaired) electrons. The third-order valence-electron chi connectivity index (χ3n) is 3.39. The Morgan fingerprint density at radius 2 is 2.12 bits per heavy atom. The summed E-state index contributed by atoms with van der Waals surface area (Å²) in [6, 6.07) is 0. The molecule has 3 heteroatoms. The van der Waals surface area contributed by atoms with Crippen LogP contribution in [0, 0.1) is 5.92 Å². The average Bonchev–Trinajstić information content (AvgIpc) is 2.30. The fraction of sp³-hybridized carbons (Fsp3) is 0.692. The molecule has 0 saturated heterocycles. The molecular formula is C13H21N3. The molecular weight excluding hydrogens is 198 g/mol. The van der Waals surface area contributed by atoms with Crippen molar-refractivity contribution < 1.29 is 0 Å². The van der Waals surface area contributed by atoms with Crippen molar-refractivity contribution in [1.29, 1.82) is 0 Å². The van der Waals surface area contributed by atoms with E-state index in [1.54, 1.807) is 6.20 Å². The van der Waals surface area contributed by atoms with E-state index in [2.05, 4.69) is 29.1 Å². The molecule has 1 heterocycles. The molecule has 0 amide bonds. The molecule has 2 atom stereocenters. The van der Waals surface area contributed by atoms with Crippen LogP contribution in [-0.2, 0) is 0 Å². The van der Waals surface area contributed by atoms with Crippen molar-refractivity contribution in [2.24, 2.45) is 5.92 Å². The quantitative estimate of drug-likeness (QED) is 0.848. The van der Waals surface area contributed by atoms with Gasteiger partial charge in [-0.1, -0.05) is 19.8 Å². The highest BCUT2D eigenvalue weighted by molar-refractivity contribution is 5.41.